The molecule has 1 unspecified atom stereocenters. The first kappa shape index (κ1) is 17.1. The van der Waals surface area contributed by atoms with Crippen LogP contribution in [0.1, 0.15) is 36.9 Å². The van der Waals surface area contributed by atoms with Gasteiger partial charge in [-0.1, -0.05) is 5.16 Å². The van der Waals surface area contributed by atoms with Crippen LogP contribution in [0, 0.1) is 0 Å². The van der Waals surface area contributed by atoms with Gasteiger partial charge < -0.3 is 24.2 Å². The van der Waals surface area contributed by atoms with Crippen molar-refractivity contribution in [1.82, 2.24) is 20.4 Å². The maximum Gasteiger partial charge on any atom is 0.317 e. The van der Waals surface area contributed by atoms with E-state index in [4.69, 9.17) is 14.0 Å². The van der Waals surface area contributed by atoms with Crippen LogP contribution in [0.5, 0.6) is 0 Å². The molecule has 3 heterocycles. The average molecular weight is 342 g/mol. The van der Waals surface area contributed by atoms with Gasteiger partial charge in [-0.15, -0.1) is 0 Å². The van der Waals surface area contributed by atoms with Crippen LogP contribution < -0.4 is 5.32 Å². The lowest BCUT2D eigenvalue weighted by molar-refractivity contribution is 0.0830. The Hall–Kier alpha value is -1.74. The van der Waals surface area contributed by atoms with Gasteiger partial charge in [0.25, 0.3) is 5.89 Å². The Balaban J connectivity index is 1.60. The molecule has 3 rings (SSSR count). The molecule has 0 bridgehead atoms. The molecule has 24 heavy (non-hydrogen) atoms. The molecule has 0 saturated carbocycles. The number of nitrogens with one attached hydrogen (secondary N) is 1. The lowest BCUT2D eigenvalue weighted by Gasteiger charge is -2.19. The topological polar surface area (TPSA) is 89.7 Å². The molecule has 2 saturated heterocycles. The monoisotopic (exact) mass is 342 g/mol. The number of urea groups is 1. The molecule has 2 aliphatic rings. The van der Waals surface area contributed by atoms with E-state index in [0.717, 1.165) is 12.8 Å². The number of amides is 2. The molecule has 134 valence electrons. The molecule has 9 heteroatoms. The smallest absolute Gasteiger partial charge is 0.317 e. The summed E-state index contributed by atoms with van der Waals surface area (Å²) in [5.41, 5.74) is -1.78. The number of hydrogen-bond donors (Lipinski definition) is 1. The van der Waals surface area contributed by atoms with E-state index < -0.39 is 5.67 Å². The number of nitrogens with zero attached hydrogens (tertiary/aromatic N) is 3. The maximum atomic E-state index is 15.2. The molecule has 1 aromatic rings. The van der Waals surface area contributed by atoms with Crippen molar-refractivity contribution in [3.63, 3.8) is 0 Å². The van der Waals surface area contributed by atoms with Crippen molar-refractivity contribution in [2.75, 3.05) is 46.6 Å². The van der Waals surface area contributed by atoms with Gasteiger partial charge in [-0.05, 0) is 12.8 Å². The van der Waals surface area contributed by atoms with E-state index in [1.165, 1.54) is 4.90 Å². The van der Waals surface area contributed by atoms with E-state index >= 15 is 4.39 Å². The van der Waals surface area contributed by atoms with Crippen molar-refractivity contribution in [1.29, 1.82) is 0 Å². The third kappa shape index (κ3) is 3.67. The van der Waals surface area contributed by atoms with Crippen LogP contribution in [0.3, 0.4) is 0 Å². The van der Waals surface area contributed by atoms with Crippen molar-refractivity contribution in [3.05, 3.63) is 11.7 Å². The average Bonchev–Trinajstić information content (AvgIpc) is 3.24. The molecule has 0 radical (unpaired) electrons. The lowest BCUT2D eigenvalue weighted by Crippen LogP contribution is -2.41. The van der Waals surface area contributed by atoms with E-state index in [2.05, 4.69) is 15.5 Å². The zero-order chi connectivity index (χ0) is 17.0. The Morgan fingerprint density at radius 3 is 3.04 bits per heavy atom. The summed E-state index contributed by atoms with van der Waals surface area (Å²) < 4.78 is 30.5. The molecule has 0 aliphatic carbocycles. The van der Waals surface area contributed by atoms with Crippen LogP contribution in [0.4, 0.5) is 9.18 Å². The minimum absolute atomic E-state index is 0.0313. The first-order valence-corrected chi connectivity index (χ1v) is 8.25. The van der Waals surface area contributed by atoms with Crippen LogP contribution in [-0.4, -0.2) is 67.6 Å². The Labute approximate surface area is 139 Å². The number of aromatic nitrogens is 2. The van der Waals surface area contributed by atoms with Crippen molar-refractivity contribution in [2.24, 2.45) is 0 Å². The molecule has 1 atom stereocenters. The van der Waals surface area contributed by atoms with Crippen LogP contribution in [-0.2, 0) is 15.1 Å². The van der Waals surface area contributed by atoms with Gasteiger partial charge in [0.15, 0.2) is 5.82 Å². The molecule has 0 aromatic carbocycles. The van der Waals surface area contributed by atoms with E-state index in [-0.39, 0.29) is 30.8 Å². The quantitative estimate of drug-likeness (QED) is 0.809. The second kappa shape index (κ2) is 7.43. The first-order valence-electron chi connectivity index (χ1n) is 8.25. The highest BCUT2D eigenvalue weighted by molar-refractivity contribution is 5.74. The van der Waals surface area contributed by atoms with Crippen molar-refractivity contribution in [3.8, 4) is 0 Å². The highest BCUT2D eigenvalue weighted by Crippen LogP contribution is 2.36. The number of methoxy groups -OCH3 is 1. The van der Waals surface area contributed by atoms with Gasteiger partial charge in [-0.2, -0.15) is 4.98 Å². The predicted molar refractivity (Wildman–Crippen MR) is 81.3 cm³/mol. The van der Waals surface area contributed by atoms with E-state index in [1.807, 2.05) is 0 Å². The number of halogens is 1. The Morgan fingerprint density at radius 1 is 1.50 bits per heavy atom. The largest absolute Gasteiger partial charge is 0.383 e. The first-order chi connectivity index (χ1) is 11.6. The third-order valence-electron chi connectivity index (χ3n) is 4.50. The molecule has 0 spiro atoms. The minimum atomic E-state index is -1.78. The zero-order valence-corrected chi connectivity index (χ0v) is 13.8. The summed E-state index contributed by atoms with van der Waals surface area (Å²) in [7, 11) is 1.56. The fraction of sp³-hybridized carbons (Fsp3) is 0.800. The van der Waals surface area contributed by atoms with E-state index in [0.29, 0.717) is 38.7 Å². The van der Waals surface area contributed by atoms with Gasteiger partial charge in [-0.25, -0.2) is 9.18 Å². The van der Waals surface area contributed by atoms with Crippen LogP contribution in [0.15, 0.2) is 4.52 Å². The maximum absolute atomic E-state index is 15.2. The minimum Gasteiger partial charge on any atom is -0.383 e. The summed E-state index contributed by atoms with van der Waals surface area (Å²) in [6, 6.07) is -0.309. The summed E-state index contributed by atoms with van der Waals surface area (Å²) in [5.74, 6) is 0.652. The number of alkyl halides is 1. The van der Waals surface area contributed by atoms with E-state index in [9.17, 15) is 4.79 Å². The van der Waals surface area contributed by atoms with E-state index in [1.54, 1.807) is 7.11 Å². The van der Waals surface area contributed by atoms with Crippen molar-refractivity contribution >= 4 is 6.03 Å². The molecular formula is C15H23FN4O4. The molecule has 8 nitrogen and oxygen atoms in total. The fourth-order valence-electron chi connectivity index (χ4n) is 3.03. The zero-order valence-electron chi connectivity index (χ0n) is 13.8. The third-order valence-corrected chi connectivity index (χ3v) is 4.50. The molecule has 2 fully saturated rings. The molecule has 2 amide bonds. The summed E-state index contributed by atoms with van der Waals surface area (Å²) in [4.78, 5) is 17.7. The van der Waals surface area contributed by atoms with Crippen LogP contribution >= 0.6 is 0 Å². The van der Waals surface area contributed by atoms with Crippen molar-refractivity contribution in [2.45, 2.75) is 30.8 Å². The predicted octanol–water partition coefficient (Wildman–Crippen LogP) is 1.19. The SMILES string of the molecule is COCCNC(=O)N1CCC(F)(c2nc(C3CCOCC3)no2)C1. The second-order valence-electron chi connectivity index (χ2n) is 6.21. The summed E-state index contributed by atoms with van der Waals surface area (Å²) in [6.45, 7) is 2.35. The molecular weight excluding hydrogens is 319 g/mol. The van der Waals surface area contributed by atoms with Gasteiger partial charge >= 0.3 is 6.03 Å². The number of carbonyl (C=O) groups is 1. The van der Waals surface area contributed by atoms with Gasteiger partial charge in [0.2, 0.25) is 5.67 Å². The van der Waals surface area contributed by atoms with Crippen LogP contribution in [0.25, 0.3) is 0 Å². The summed E-state index contributed by atoms with van der Waals surface area (Å²) >= 11 is 0. The molecule has 1 aromatic heterocycles. The van der Waals surface area contributed by atoms with Gasteiger partial charge in [0, 0.05) is 45.8 Å². The highest BCUT2D eigenvalue weighted by atomic mass is 19.1. The normalized spacial score (nSPS) is 25.2. The summed E-state index contributed by atoms with van der Waals surface area (Å²) in [6.07, 6.45) is 1.78. The number of likely N-dealkylation sites (tertiary alicyclic amines) is 1. The Kier molecular flexibility index (Phi) is 5.30. The number of carbonyl (C=O) groups excluding carboxylic acids is 1. The van der Waals surface area contributed by atoms with Crippen LogP contribution in [0.2, 0.25) is 0 Å². The number of rotatable bonds is 5. The number of ether oxygens (including phenoxy) is 2. The lowest BCUT2D eigenvalue weighted by atomic mass is 9.99. The fourth-order valence-corrected chi connectivity index (χ4v) is 3.03. The standard InChI is InChI=1S/C15H23FN4O4/c1-22-9-5-17-14(21)20-6-4-15(16,10-20)13-18-12(19-24-13)11-2-7-23-8-3-11/h11H,2-10H2,1H3,(H,17,21). The molecule has 2 aliphatic heterocycles. The summed E-state index contributed by atoms with van der Waals surface area (Å²) in [5, 5.41) is 6.63. The highest BCUT2D eigenvalue weighted by Gasteiger charge is 2.46. The Morgan fingerprint density at radius 2 is 2.29 bits per heavy atom. The van der Waals surface area contributed by atoms with Gasteiger partial charge in [0.1, 0.15) is 0 Å². The van der Waals surface area contributed by atoms with Gasteiger partial charge in [0.05, 0.1) is 13.2 Å². The van der Waals surface area contributed by atoms with Crippen molar-refractivity contribution < 1.29 is 23.2 Å². The number of hydrogen-bond acceptors (Lipinski definition) is 6. The molecule has 1 N–H and O–H groups in total. The second-order valence-corrected chi connectivity index (χ2v) is 6.21. The Bertz CT molecular complexity index is 563. The van der Waals surface area contributed by atoms with Gasteiger partial charge in [-0.3, -0.25) is 0 Å².